The predicted molar refractivity (Wildman–Crippen MR) is 101 cm³/mol. The van der Waals surface area contributed by atoms with Gasteiger partial charge < -0.3 is 24.6 Å². The van der Waals surface area contributed by atoms with Crippen LogP contribution in [0.5, 0.6) is 23.0 Å². The number of amides is 1. The van der Waals surface area contributed by atoms with Crippen LogP contribution in [0.1, 0.15) is 12.5 Å². The Bertz CT molecular complexity index is 874. The van der Waals surface area contributed by atoms with E-state index < -0.39 is 5.91 Å². The van der Waals surface area contributed by atoms with Crippen molar-refractivity contribution in [1.82, 2.24) is 0 Å². The molecule has 7 heteroatoms. The molecule has 0 aliphatic heterocycles. The summed E-state index contributed by atoms with van der Waals surface area (Å²) in [7, 11) is 2.79. The predicted octanol–water partition coefficient (Wildman–Crippen LogP) is 3.35. The van der Waals surface area contributed by atoms with E-state index in [1.807, 2.05) is 13.0 Å². The van der Waals surface area contributed by atoms with E-state index in [9.17, 15) is 15.2 Å². The molecule has 0 unspecified atom stereocenters. The normalized spacial score (nSPS) is 10.7. The first-order valence-corrected chi connectivity index (χ1v) is 8.14. The number of phenolic OH excluding ortho intramolecular Hbond substituents is 1. The first-order chi connectivity index (χ1) is 13.0. The summed E-state index contributed by atoms with van der Waals surface area (Å²) in [6, 6.07) is 11.8. The van der Waals surface area contributed by atoms with Crippen molar-refractivity contribution in [2.75, 3.05) is 26.1 Å². The maximum atomic E-state index is 12.5. The lowest BCUT2D eigenvalue weighted by Gasteiger charge is -2.11. The topological polar surface area (TPSA) is 101 Å². The Kier molecular flexibility index (Phi) is 6.67. The van der Waals surface area contributed by atoms with Crippen molar-refractivity contribution < 1.29 is 24.1 Å². The molecule has 0 saturated heterocycles. The minimum Gasteiger partial charge on any atom is -0.502 e. The van der Waals surface area contributed by atoms with E-state index in [1.165, 1.54) is 32.4 Å². The molecule has 0 fully saturated rings. The van der Waals surface area contributed by atoms with Crippen molar-refractivity contribution in [2.24, 2.45) is 0 Å². The molecule has 0 radical (unpaired) electrons. The second-order valence-electron chi connectivity index (χ2n) is 5.33. The van der Waals surface area contributed by atoms with E-state index in [2.05, 4.69) is 5.32 Å². The number of phenols is 1. The Hall–Kier alpha value is -3.66. The van der Waals surface area contributed by atoms with Gasteiger partial charge in [-0.15, -0.1) is 0 Å². The summed E-state index contributed by atoms with van der Waals surface area (Å²) in [4.78, 5) is 12.5. The second-order valence-corrected chi connectivity index (χ2v) is 5.33. The molecule has 1 amide bonds. The molecule has 0 heterocycles. The SMILES string of the molecule is CCOc1ccccc1NC(=O)C(C#N)=Cc1cc(OC)c(O)c(OC)c1. The number of anilines is 1. The molecule has 140 valence electrons. The van der Waals surface area contributed by atoms with Crippen LogP contribution in [0.2, 0.25) is 0 Å². The van der Waals surface area contributed by atoms with Crippen molar-refractivity contribution in [3.63, 3.8) is 0 Å². The van der Waals surface area contributed by atoms with Crippen LogP contribution in [0.3, 0.4) is 0 Å². The number of carbonyl (C=O) groups is 1. The second kappa shape index (κ2) is 9.15. The first-order valence-electron chi connectivity index (χ1n) is 8.14. The van der Waals surface area contributed by atoms with Gasteiger partial charge in [0.1, 0.15) is 17.4 Å². The molecule has 2 rings (SSSR count). The molecule has 2 N–H and O–H groups in total. The number of hydrogen-bond donors (Lipinski definition) is 2. The van der Waals surface area contributed by atoms with Crippen LogP contribution < -0.4 is 19.5 Å². The third-order valence-electron chi connectivity index (χ3n) is 3.61. The van der Waals surface area contributed by atoms with Crippen LogP contribution in [-0.4, -0.2) is 31.8 Å². The molecule has 2 aromatic rings. The molecule has 0 aliphatic carbocycles. The highest BCUT2D eigenvalue weighted by Gasteiger charge is 2.15. The molecule has 0 aliphatic rings. The zero-order chi connectivity index (χ0) is 19.8. The molecule has 0 bridgehead atoms. The summed E-state index contributed by atoms with van der Waals surface area (Å²) in [5.74, 6) is 0.0972. The minimum absolute atomic E-state index is 0.129. The Morgan fingerprint density at radius 3 is 2.37 bits per heavy atom. The number of hydrogen-bond acceptors (Lipinski definition) is 6. The Labute approximate surface area is 157 Å². The molecule has 0 spiro atoms. The maximum absolute atomic E-state index is 12.5. The summed E-state index contributed by atoms with van der Waals surface area (Å²) >= 11 is 0. The van der Waals surface area contributed by atoms with Gasteiger partial charge >= 0.3 is 0 Å². The highest BCUT2D eigenvalue weighted by atomic mass is 16.5. The number of methoxy groups -OCH3 is 2. The summed E-state index contributed by atoms with van der Waals surface area (Å²) < 4.78 is 15.6. The van der Waals surface area contributed by atoms with Crippen LogP contribution in [0.4, 0.5) is 5.69 Å². The van der Waals surface area contributed by atoms with E-state index in [4.69, 9.17) is 14.2 Å². The zero-order valence-corrected chi connectivity index (χ0v) is 15.3. The molecule has 27 heavy (non-hydrogen) atoms. The summed E-state index contributed by atoms with van der Waals surface area (Å²) in [5, 5.41) is 22.0. The van der Waals surface area contributed by atoms with E-state index in [-0.39, 0.29) is 22.8 Å². The van der Waals surface area contributed by atoms with E-state index in [0.717, 1.165) is 0 Å². The minimum atomic E-state index is -0.587. The van der Waals surface area contributed by atoms with Gasteiger partial charge in [0.25, 0.3) is 5.91 Å². The number of benzene rings is 2. The largest absolute Gasteiger partial charge is 0.502 e. The average molecular weight is 368 g/mol. The van der Waals surface area contributed by atoms with Gasteiger partial charge in [-0.05, 0) is 42.8 Å². The van der Waals surface area contributed by atoms with Crippen LogP contribution in [0.25, 0.3) is 6.08 Å². The highest BCUT2D eigenvalue weighted by molar-refractivity contribution is 6.10. The number of nitrogens with one attached hydrogen (secondary N) is 1. The lowest BCUT2D eigenvalue weighted by molar-refractivity contribution is -0.112. The van der Waals surface area contributed by atoms with Gasteiger partial charge in [-0.3, -0.25) is 4.79 Å². The highest BCUT2D eigenvalue weighted by Crippen LogP contribution is 2.37. The fourth-order valence-corrected chi connectivity index (χ4v) is 2.35. The van der Waals surface area contributed by atoms with E-state index in [1.54, 1.807) is 24.3 Å². The van der Waals surface area contributed by atoms with E-state index >= 15 is 0 Å². The van der Waals surface area contributed by atoms with Crippen LogP contribution in [-0.2, 0) is 4.79 Å². The van der Waals surface area contributed by atoms with Gasteiger partial charge in [0, 0.05) is 0 Å². The van der Waals surface area contributed by atoms with Crippen molar-refractivity contribution in [3.05, 3.63) is 47.5 Å². The third-order valence-corrected chi connectivity index (χ3v) is 3.61. The molecule has 2 aromatic carbocycles. The van der Waals surface area contributed by atoms with Gasteiger partial charge in [0.05, 0.1) is 26.5 Å². The quantitative estimate of drug-likeness (QED) is 0.574. The third kappa shape index (κ3) is 4.70. The summed E-state index contributed by atoms with van der Waals surface area (Å²) in [6.45, 7) is 2.28. The van der Waals surface area contributed by atoms with Gasteiger partial charge in [0.15, 0.2) is 11.5 Å². The number of rotatable bonds is 7. The van der Waals surface area contributed by atoms with Gasteiger partial charge in [-0.1, -0.05) is 12.1 Å². The smallest absolute Gasteiger partial charge is 0.266 e. The number of nitriles is 1. The number of ether oxygens (including phenoxy) is 3. The average Bonchev–Trinajstić information content (AvgIpc) is 2.68. The van der Waals surface area contributed by atoms with Gasteiger partial charge in [-0.25, -0.2) is 0 Å². The Morgan fingerprint density at radius 2 is 1.81 bits per heavy atom. The molecule has 0 atom stereocenters. The number of para-hydroxylation sites is 2. The molecule has 7 nitrogen and oxygen atoms in total. The van der Waals surface area contributed by atoms with E-state index in [0.29, 0.717) is 23.6 Å². The fourth-order valence-electron chi connectivity index (χ4n) is 2.35. The molecular weight excluding hydrogens is 348 g/mol. The monoisotopic (exact) mass is 368 g/mol. The van der Waals surface area contributed by atoms with Gasteiger partial charge in [-0.2, -0.15) is 5.26 Å². The van der Waals surface area contributed by atoms with Crippen molar-refractivity contribution in [3.8, 4) is 29.1 Å². The van der Waals surface area contributed by atoms with Crippen LogP contribution in [0, 0.1) is 11.3 Å². The Balaban J connectivity index is 2.34. The van der Waals surface area contributed by atoms with Crippen molar-refractivity contribution in [2.45, 2.75) is 6.92 Å². The van der Waals surface area contributed by atoms with Crippen LogP contribution in [0.15, 0.2) is 42.0 Å². The fraction of sp³-hybridized carbons (Fsp3) is 0.200. The lowest BCUT2D eigenvalue weighted by Crippen LogP contribution is -2.14. The standard InChI is InChI=1S/C20H20N2O5/c1-4-27-16-8-6-5-7-15(16)22-20(24)14(12-21)9-13-10-17(25-2)19(23)18(11-13)26-3/h5-11,23H,4H2,1-3H3,(H,22,24). The maximum Gasteiger partial charge on any atom is 0.266 e. The zero-order valence-electron chi connectivity index (χ0n) is 15.3. The summed E-state index contributed by atoms with van der Waals surface area (Å²) in [6.07, 6.45) is 1.38. The van der Waals surface area contributed by atoms with Crippen molar-refractivity contribution in [1.29, 1.82) is 5.26 Å². The van der Waals surface area contributed by atoms with Crippen LogP contribution >= 0.6 is 0 Å². The van der Waals surface area contributed by atoms with Crippen molar-refractivity contribution >= 4 is 17.7 Å². The number of aromatic hydroxyl groups is 1. The number of nitrogens with zero attached hydrogens (tertiary/aromatic N) is 1. The first kappa shape index (κ1) is 19.7. The van der Waals surface area contributed by atoms with Gasteiger partial charge in [0.2, 0.25) is 5.75 Å². The molecular formula is C20H20N2O5. The molecule has 0 saturated carbocycles. The number of carbonyl (C=O) groups excluding carboxylic acids is 1. The molecule has 0 aromatic heterocycles. The lowest BCUT2D eigenvalue weighted by atomic mass is 10.1. The summed E-state index contributed by atoms with van der Waals surface area (Å²) in [5.41, 5.74) is 0.800. The Morgan fingerprint density at radius 1 is 1.19 bits per heavy atom.